The molecule has 12 heteroatoms. The van der Waals surface area contributed by atoms with Gasteiger partial charge in [0.05, 0.1) is 31.4 Å². The summed E-state index contributed by atoms with van der Waals surface area (Å²) >= 11 is 6.52. The van der Waals surface area contributed by atoms with Gasteiger partial charge in [0, 0.05) is 31.1 Å². The van der Waals surface area contributed by atoms with Crippen molar-refractivity contribution in [3.63, 3.8) is 0 Å². The van der Waals surface area contributed by atoms with Crippen molar-refractivity contribution in [2.75, 3.05) is 38.7 Å². The summed E-state index contributed by atoms with van der Waals surface area (Å²) in [6, 6.07) is 25.9. The van der Waals surface area contributed by atoms with E-state index in [0.29, 0.717) is 28.7 Å². The maximum Gasteiger partial charge on any atom is 0.264 e. The summed E-state index contributed by atoms with van der Waals surface area (Å²) in [7, 11) is -0.0314. The van der Waals surface area contributed by atoms with Gasteiger partial charge >= 0.3 is 0 Å². The summed E-state index contributed by atoms with van der Waals surface area (Å²) < 4.78 is 46.0. The van der Waals surface area contributed by atoms with E-state index >= 15 is 0 Å². The molecule has 2 amide bonds. The van der Waals surface area contributed by atoms with Gasteiger partial charge in [-0.15, -0.1) is 0 Å². The lowest BCUT2D eigenvalue weighted by Gasteiger charge is -2.33. The molecule has 0 aromatic heterocycles. The third kappa shape index (κ3) is 8.55. The van der Waals surface area contributed by atoms with E-state index in [2.05, 4.69) is 5.32 Å². The first kappa shape index (κ1) is 35.1. The van der Waals surface area contributed by atoms with Gasteiger partial charge in [-0.1, -0.05) is 60.1 Å². The second-order valence-electron chi connectivity index (χ2n) is 10.4. The molecular weight excluding hydrogens is 642 g/mol. The average Bonchev–Trinajstić information content (AvgIpc) is 3.09. The molecule has 10 nitrogen and oxygen atoms in total. The monoisotopic (exact) mass is 679 g/mol. The second kappa shape index (κ2) is 16.2. The van der Waals surface area contributed by atoms with Crippen molar-refractivity contribution < 1.29 is 32.2 Å². The molecule has 47 heavy (non-hydrogen) atoms. The Bertz CT molecular complexity index is 1770. The minimum Gasteiger partial charge on any atom is -0.494 e. The molecule has 0 aliphatic carbocycles. The lowest BCUT2D eigenvalue weighted by atomic mass is 10.0. The number of anilines is 1. The average molecular weight is 680 g/mol. The second-order valence-corrected chi connectivity index (χ2v) is 12.7. The minimum atomic E-state index is -4.37. The number of nitrogens with one attached hydrogen (secondary N) is 1. The highest BCUT2D eigenvalue weighted by molar-refractivity contribution is 7.92. The fourth-order valence-corrected chi connectivity index (χ4v) is 6.66. The van der Waals surface area contributed by atoms with E-state index in [-0.39, 0.29) is 29.3 Å². The lowest BCUT2D eigenvalue weighted by molar-refractivity contribution is -0.139. The van der Waals surface area contributed by atoms with Crippen LogP contribution in [0.1, 0.15) is 18.1 Å². The van der Waals surface area contributed by atoms with Crippen LogP contribution in [0.25, 0.3) is 0 Å². The number of hydrogen-bond donors (Lipinski definition) is 1. The Balaban J connectivity index is 1.82. The Morgan fingerprint density at radius 3 is 2.15 bits per heavy atom. The van der Waals surface area contributed by atoms with Crippen molar-refractivity contribution in [2.45, 2.75) is 30.8 Å². The molecule has 4 rings (SSSR count). The zero-order valence-electron chi connectivity index (χ0n) is 26.7. The molecule has 4 aromatic carbocycles. The summed E-state index contributed by atoms with van der Waals surface area (Å²) in [4.78, 5) is 29.2. The quantitative estimate of drug-likeness (QED) is 0.181. The van der Waals surface area contributed by atoms with E-state index in [1.807, 2.05) is 37.3 Å². The van der Waals surface area contributed by atoms with Crippen molar-refractivity contribution in [3.8, 4) is 17.2 Å². The topological polar surface area (TPSA) is 114 Å². The van der Waals surface area contributed by atoms with Crippen LogP contribution < -0.4 is 23.8 Å². The van der Waals surface area contributed by atoms with Crippen LogP contribution in [0.4, 0.5) is 5.69 Å². The predicted octanol–water partition coefficient (Wildman–Crippen LogP) is 5.34. The third-order valence-electron chi connectivity index (χ3n) is 7.47. The number of carbonyl (C=O) groups excluding carboxylic acids is 2. The highest BCUT2D eigenvalue weighted by Gasteiger charge is 2.35. The molecule has 1 N–H and O–H groups in total. The van der Waals surface area contributed by atoms with Gasteiger partial charge in [-0.05, 0) is 60.5 Å². The molecule has 0 saturated heterocycles. The van der Waals surface area contributed by atoms with E-state index in [1.165, 1.54) is 44.4 Å². The van der Waals surface area contributed by atoms with Gasteiger partial charge in [0.25, 0.3) is 10.0 Å². The zero-order chi connectivity index (χ0) is 34.0. The van der Waals surface area contributed by atoms with Gasteiger partial charge in [-0.3, -0.25) is 13.9 Å². The summed E-state index contributed by atoms with van der Waals surface area (Å²) in [5, 5.41) is 3.07. The van der Waals surface area contributed by atoms with E-state index < -0.39 is 34.4 Å². The maximum atomic E-state index is 14.5. The Kier molecular flexibility index (Phi) is 12.1. The van der Waals surface area contributed by atoms with Gasteiger partial charge in [-0.25, -0.2) is 8.42 Å². The minimum absolute atomic E-state index is 0.0447. The molecule has 0 bridgehead atoms. The number of carbonyl (C=O) groups is 2. The first-order valence-corrected chi connectivity index (χ1v) is 16.7. The molecular formula is C35H38ClN3O7S. The molecule has 1 atom stereocenters. The van der Waals surface area contributed by atoms with Crippen molar-refractivity contribution in [3.05, 3.63) is 113 Å². The maximum absolute atomic E-state index is 14.5. The highest BCUT2D eigenvalue weighted by atomic mass is 35.5. The summed E-state index contributed by atoms with van der Waals surface area (Å²) in [6.07, 6.45) is 0.183. The standard InChI is InChI=1S/C35H38ClN3O7S/c1-5-46-28-17-15-27(16-18-28)39(47(42,43)29-19-20-32(44-3)33(22-29)45-4)24-34(40)38(23-26-13-9-10-14-30(26)36)31(35(41)37-2)21-25-11-7-6-8-12-25/h6-20,22,31H,5,21,23-24H2,1-4H3,(H,37,41). The Morgan fingerprint density at radius 1 is 0.872 bits per heavy atom. The zero-order valence-corrected chi connectivity index (χ0v) is 28.3. The molecule has 0 aliphatic heterocycles. The number of ether oxygens (including phenoxy) is 3. The third-order valence-corrected chi connectivity index (χ3v) is 9.61. The van der Waals surface area contributed by atoms with Crippen LogP contribution in [0.3, 0.4) is 0 Å². The van der Waals surface area contributed by atoms with E-state index in [1.54, 1.807) is 48.5 Å². The Morgan fingerprint density at radius 2 is 1.53 bits per heavy atom. The van der Waals surface area contributed by atoms with Crippen LogP contribution in [0.2, 0.25) is 5.02 Å². The van der Waals surface area contributed by atoms with Crippen LogP contribution >= 0.6 is 11.6 Å². The van der Waals surface area contributed by atoms with Gasteiger partial charge in [-0.2, -0.15) is 0 Å². The van der Waals surface area contributed by atoms with E-state index in [4.69, 9.17) is 25.8 Å². The van der Waals surface area contributed by atoms with Crippen LogP contribution in [0, 0.1) is 0 Å². The van der Waals surface area contributed by atoms with Gasteiger partial charge in [0.1, 0.15) is 18.3 Å². The first-order chi connectivity index (χ1) is 22.6. The number of rotatable bonds is 15. The lowest BCUT2D eigenvalue weighted by Crippen LogP contribution is -2.53. The van der Waals surface area contributed by atoms with Crippen molar-refractivity contribution in [2.24, 2.45) is 0 Å². The van der Waals surface area contributed by atoms with Crippen LogP contribution in [0.5, 0.6) is 17.2 Å². The fraction of sp³-hybridized carbons (Fsp3) is 0.257. The molecule has 0 fully saturated rings. The molecule has 0 heterocycles. The first-order valence-electron chi connectivity index (χ1n) is 14.9. The predicted molar refractivity (Wildman–Crippen MR) is 182 cm³/mol. The van der Waals surface area contributed by atoms with Crippen molar-refractivity contribution in [1.82, 2.24) is 10.2 Å². The molecule has 0 saturated carbocycles. The van der Waals surface area contributed by atoms with E-state index in [9.17, 15) is 18.0 Å². The summed E-state index contributed by atoms with van der Waals surface area (Å²) in [5.74, 6) is 0.0516. The fourth-order valence-electron chi connectivity index (χ4n) is 5.04. The number of amides is 2. The highest BCUT2D eigenvalue weighted by Crippen LogP contribution is 2.33. The van der Waals surface area contributed by atoms with Gasteiger partial charge in [0.2, 0.25) is 11.8 Å². The number of halogens is 1. The molecule has 248 valence electrons. The number of nitrogens with zero attached hydrogens (tertiary/aromatic N) is 2. The number of sulfonamides is 1. The number of hydrogen-bond acceptors (Lipinski definition) is 7. The van der Waals surface area contributed by atoms with Crippen molar-refractivity contribution >= 4 is 39.1 Å². The number of likely N-dealkylation sites (N-methyl/N-ethyl adjacent to an activating group) is 1. The van der Waals surface area contributed by atoms with Crippen LogP contribution in [0.15, 0.2) is 102 Å². The molecule has 0 aliphatic rings. The van der Waals surface area contributed by atoms with Crippen LogP contribution in [-0.4, -0.2) is 65.6 Å². The normalized spacial score (nSPS) is 11.7. The molecule has 0 spiro atoms. The molecule has 0 radical (unpaired) electrons. The SMILES string of the molecule is CCOc1ccc(N(CC(=O)N(Cc2ccccc2Cl)C(Cc2ccccc2)C(=O)NC)S(=O)(=O)c2ccc(OC)c(OC)c2)cc1. The van der Waals surface area contributed by atoms with Crippen LogP contribution in [-0.2, 0) is 32.6 Å². The van der Waals surface area contributed by atoms with Gasteiger partial charge in [0.15, 0.2) is 11.5 Å². The number of methoxy groups -OCH3 is 2. The smallest absolute Gasteiger partial charge is 0.264 e. The largest absolute Gasteiger partial charge is 0.494 e. The molecule has 1 unspecified atom stereocenters. The molecule has 4 aromatic rings. The number of benzene rings is 4. The Labute approximate surface area is 280 Å². The van der Waals surface area contributed by atoms with Crippen molar-refractivity contribution in [1.29, 1.82) is 0 Å². The van der Waals surface area contributed by atoms with E-state index in [0.717, 1.165) is 9.87 Å². The Hall–Kier alpha value is -4.74. The van der Waals surface area contributed by atoms with Gasteiger partial charge < -0.3 is 24.4 Å². The summed E-state index contributed by atoms with van der Waals surface area (Å²) in [6.45, 7) is 1.59. The summed E-state index contributed by atoms with van der Waals surface area (Å²) in [5.41, 5.74) is 1.63.